The molecule has 144 valence electrons. The molecular weight excluding hydrogens is 380 g/mol. The number of nitrogens with zero attached hydrogens (tertiary/aromatic N) is 3. The van der Waals surface area contributed by atoms with Crippen LogP contribution in [0.1, 0.15) is 11.3 Å². The maximum atomic E-state index is 13.4. The van der Waals surface area contributed by atoms with Crippen LogP contribution in [0.4, 0.5) is 23.4 Å². The second-order valence-corrected chi connectivity index (χ2v) is 6.14. The summed E-state index contributed by atoms with van der Waals surface area (Å²) in [7, 11) is 0. The van der Waals surface area contributed by atoms with Crippen LogP contribution >= 0.6 is 0 Å². The Balaban J connectivity index is 1.90. The second-order valence-electron chi connectivity index (χ2n) is 6.14. The van der Waals surface area contributed by atoms with Crippen molar-refractivity contribution in [3.8, 4) is 22.8 Å². The van der Waals surface area contributed by atoms with Crippen molar-refractivity contribution in [2.75, 3.05) is 11.9 Å². The van der Waals surface area contributed by atoms with Crippen molar-refractivity contribution >= 4 is 11.7 Å². The molecule has 0 atom stereocenters. The zero-order valence-electron chi connectivity index (χ0n) is 14.3. The zero-order chi connectivity index (χ0) is 20.1. The second kappa shape index (κ2) is 6.32. The van der Waals surface area contributed by atoms with Gasteiger partial charge in [0.15, 0.2) is 23.9 Å². The van der Waals surface area contributed by atoms with Crippen molar-refractivity contribution in [1.82, 2.24) is 14.8 Å². The van der Waals surface area contributed by atoms with Gasteiger partial charge in [-0.05, 0) is 48.9 Å². The number of pyridine rings is 1. The van der Waals surface area contributed by atoms with E-state index in [9.17, 15) is 22.4 Å². The minimum Gasteiger partial charge on any atom is -0.480 e. The number of nitrogens with one attached hydrogen (secondary N) is 1. The Morgan fingerprint density at radius 1 is 1.18 bits per heavy atom. The number of hydrogen-bond acceptors (Lipinski definition) is 4. The monoisotopic (exact) mass is 392 g/mol. The van der Waals surface area contributed by atoms with Crippen LogP contribution in [0.2, 0.25) is 0 Å². The number of aromatic nitrogens is 3. The molecule has 0 saturated heterocycles. The molecule has 4 rings (SSSR count). The molecule has 1 N–H and O–H groups in total. The number of fused-ring (bicyclic) bond motifs is 1. The fraction of sp³-hybridized carbons (Fsp3) is 0.167. The van der Waals surface area contributed by atoms with E-state index in [0.29, 0.717) is 11.3 Å². The minimum atomic E-state index is -4.68. The van der Waals surface area contributed by atoms with Gasteiger partial charge in [-0.15, -0.1) is 0 Å². The molecule has 0 fully saturated rings. The molecule has 2 aromatic heterocycles. The highest BCUT2D eigenvalue weighted by Crippen LogP contribution is 2.35. The summed E-state index contributed by atoms with van der Waals surface area (Å²) in [6.07, 6.45) is -4.68. The fourth-order valence-electron chi connectivity index (χ4n) is 2.85. The van der Waals surface area contributed by atoms with Gasteiger partial charge < -0.3 is 10.1 Å². The van der Waals surface area contributed by atoms with Crippen LogP contribution in [0.15, 0.2) is 36.4 Å². The summed E-state index contributed by atoms with van der Waals surface area (Å²) in [6, 6.07) is 7.48. The summed E-state index contributed by atoms with van der Waals surface area (Å²) in [6.45, 7) is 1.39. The molecule has 3 heterocycles. The van der Waals surface area contributed by atoms with Gasteiger partial charge in [-0.1, -0.05) is 0 Å². The van der Waals surface area contributed by atoms with E-state index in [4.69, 9.17) is 4.74 Å². The first-order valence-electron chi connectivity index (χ1n) is 8.10. The van der Waals surface area contributed by atoms with E-state index in [2.05, 4.69) is 15.4 Å². The van der Waals surface area contributed by atoms with Crippen molar-refractivity contribution in [2.45, 2.75) is 13.1 Å². The fourth-order valence-corrected chi connectivity index (χ4v) is 2.85. The van der Waals surface area contributed by atoms with Crippen LogP contribution in [0.5, 0.6) is 5.75 Å². The summed E-state index contributed by atoms with van der Waals surface area (Å²) in [5.41, 5.74) is -0.286. The summed E-state index contributed by atoms with van der Waals surface area (Å²) in [4.78, 5) is 15.7. The lowest BCUT2D eigenvalue weighted by molar-refractivity contribution is -0.141. The number of rotatable bonds is 2. The molecule has 0 saturated carbocycles. The van der Waals surface area contributed by atoms with E-state index in [1.807, 2.05) is 0 Å². The number of alkyl halides is 3. The van der Waals surface area contributed by atoms with Crippen LogP contribution in [0.25, 0.3) is 17.1 Å². The molecule has 1 amide bonds. The van der Waals surface area contributed by atoms with Gasteiger partial charge in [0.2, 0.25) is 0 Å². The maximum Gasteiger partial charge on any atom is 0.435 e. The molecule has 0 unspecified atom stereocenters. The number of carbonyl (C=O) groups is 1. The number of anilines is 1. The number of halogens is 4. The molecule has 1 aliphatic rings. The van der Waals surface area contributed by atoms with Gasteiger partial charge in [0.25, 0.3) is 5.91 Å². The van der Waals surface area contributed by atoms with Crippen LogP contribution in [0, 0.1) is 12.7 Å². The van der Waals surface area contributed by atoms with Crippen molar-refractivity contribution in [3.63, 3.8) is 0 Å². The predicted octanol–water partition coefficient (Wildman–Crippen LogP) is 3.73. The van der Waals surface area contributed by atoms with Crippen molar-refractivity contribution in [1.29, 1.82) is 0 Å². The van der Waals surface area contributed by atoms with Gasteiger partial charge in [-0.25, -0.2) is 14.1 Å². The molecule has 0 bridgehead atoms. The summed E-state index contributed by atoms with van der Waals surface area (Å²) in [5, 5.41) is 6.16. The summed E-state index contributed by atoms with van der Waals surface area (Å²) < 4.78 is 59.5. The Morgan fingerprint density at radius 3 is 2.68 bits per heavy atom. The number of amides is 1. The average molecular weight is 392 g/mol. The number of carbonyl (C=O) groups excluding carboxylic acids is 1. The van der Waals surface area contributed by atoms with Gasteiger partial charge in [-0.3, -0.25) is 4.79 Å². The third-order valence-corrected chi connectivity index (χ3v) is 4.12. The lowest BCUT2D eigenvalue weighted by Crippen LogP contribution is -2.26. The van der Waals surface area contributed by atoms with Gasteiger partial charge in [0, 0.05) is 0 Å². The molecule has 28 heavy (non-hydrogen) atoms. The quantitative estimate of drug-likeness (QED) is 0.675. The number of ether oxygens (including phenoxy) is 1. The molecule has 10 heteroatoms. The molecule has 0 aliphatic carbocycles. The highest BCUT2D eigenvalue weighted by atomic mass is 19.4. The molecule has 0 spiro atoms. The number of hydrogen-bond donors (Lipinski definition) is 1. The van der Waals surface area contributed by atoms with Gasteiger partial charge >= 0.3 is 6.18 Å². The Labute approximate surface area is 155 Å². The zero-order valence-corrected chi connectivity index (χ0v) is 14.3. The molecule has 1 aromatic carbocycles. The molecule has 1 aliphatic heterocycles. The third kappa shape index (κ3) is 3.17. The Morgan fingerprint density at radius 2 is 1.96 bits per heavy atom. The van der Waals surface area contributed by atoms with E-state index in [1.54, 1.807) is 6.92 Å². The Hall–Kier alpha value is -3.43. The summed E-state index contributed by atoms with van der Waals surface area (Å²) in [5.74, 6) is -0.525. The summed E-state index contributed by atoms with van der Waals surface area (Å²) >= 11 is 0. The van der Waals surface area contributed by atoms with Crippen LogP contribution in [-0.2, 0) is 11.0 Å². The van der Waals surface area contributed by atoms with Crippen LogP contribution in [0.3, 0.4) is 0 Å². The number of aryl methyl sites for hydroxylation is 1. The first-order chi connectivity index (χ1) is 13.2. The topological polar surface area (TPSA) is 69.0 Å². The first-order valence-corrected chi connectivity index (χ1v) is 8.10. The standard InChI is InChI=1S/C18H12F4N4O2/c1-9-6-10(19)2-4-12(9)26-13(7-15(25-26)18(20,21)22)11-3-5-14-17(23-11)24-16(27)8-28-14/h2-7H,8H2,1H3,(H,23,24,27). The average Bonchev–Trinajstić information content (AvgIpc) is 3.06. The lowest BCUT2D eigenvalue weighted by Gasteiger charge is -2.17. The smallest absolute Gasteiger partial charge is 0.435 e. The van der Waals surface area contributed by atoms with E-state index >= 15 is 0 Å². The molecular formula is C18H12F4N4O2. The highest BCUT2D eigenvalue weighted by Gasteiger charge is 2.36. The number of benzene rings is 1. The minimum absolute atomic E-state index is 0.0321. The van der Waals surface area contributed by atoms with Gasteiger partial charge in [0.05, 0.1) is 17.1 Å². The van der Waals surface area contributed by atoms with E-state index in [0.717, 1.165) is 16.8 Å². The SMILES string of the molecule is Cc1cc(F)ccc1-n1nc(C(F)(F)F)cc1-c1ccc2c(n1)NC(=O)CO2. The molecule has 6 nitrogen and oxygen atoms in total. The van der Waals surface area contributed by atoms with Crippen LogP contribution < -0.4 is 10.1 Å². The third-order valence-electron chi connectivity index (χ3n) is 4.12. The van der Waals surface area contributed by atoms with Crippen molar-refractivity contribution < 1.29 is 27.1 Å². The predicted molar refractivity (Wildman–Crippen MR) is 90.6 cm³/mol. The van der Waals surface area contributed by atoms with Gasteiger partial charge in [-0.2, -0.15) is 18.3 Å². The lowest BCUT2D eigenvalue weighted by atomic mass is 10.1. The Kier molecular flexibility index (Phi) is 4.06. The Bertz CT molecular complexity index is 1090. The van der Waals surface area contributed by atoms with E-state index < -0.39 is 23.6 Å². The van der Waals surface area contributed by atoms with E-state index in [-0.39, 0.29) is 29.5 Å². The largest absolute Gasteiger partial charge is 0.480 e. The normalized spacial score (nSPS) is 13.7. The first kappa shape index (κ1) is 18.0. The van der Waals surface area contributed by atoms with Gasteiger partial charge in [0.1, 0.15) is 5.82 Å². The van der Waals surface area contributed by atoms with Crippen LogP contribution in [-0.4, -0.2) is 27.3 Å². The maximum absolute atomic E-state index is 13.4. The van der Waals surface area contributed by atoms with Crippen molar-refractivity contribution in [3.05, 3.63) is 53.5 Å². The molecule has 0 radical (unpaired) electrons. The highest BCUT2D eigenvalue weighted by molar-refractivity contribution is 5.94. The van der Waals surface area contributed by atoms with Crippen molar-refractivity contribution in [2.24, 2.45) is 0 Å². The molecule has 3 aromatic rings. The van der Waals surface area contributed by atoms with E-state index in [1.165, 1.54) is 24.3 Å².